The second-order valence-corrected chi connectivity index (χ2v) is 6.27. The minimum absolute atomic E-state index is 0.233. The molecule has 110 valence electrons. The molecule has 0 aliphatic rings. The third kappa shape index (κ3) is 4.41. The van der Waals surface area contributed by atoms with Crippen molar-refractivity contribution in [1.29, 1.82) is 0 Å². The van der Waals surface area contributed by atoms with Gasteiger partial charge in [0, 0.05) is 16.4 Å². The van der Waals surface area contributed by atoms with E-state index < -0.39 is 5.97 Å². The molecule has 0 spiro atoms. The van der Waals surface area contributed by atoms with E-state index in [9.17, 15) is 9.59 Å². The molecule has 2 rings (SSSR count). The van der Waals surface area contributed by atoms with Crippen LogP contribution in [-0.4, -0.2) is 30.4 Å². The number of likely N-dealkylation sites (N-methyl/N-ethyl adjacent to an activating group) is 1. The average Bonchev–Trinajstić information content (AvgIpc) is 2.97. The molecule has 1 heterocycles. The van der Waals surface area contributed by atoms with Gasteiger partial charge in [-0.3, -0.25) is 4.79 Å². The lowest BCUT2D eigenvalue weighted by atomic mass is 10.2. The van der Waals surface area contributed by atoms with Gasteiger partial charge in [0.2, 0.25) is 0 Å². The summed E-state index contributed by atoms with van der Waals surface area (Å²) in [5.74, 6) is -0.746. The fraction of sp³-hybridized carbons (Fsp3) is 0.200. The van der Waals surface area contributed by atoms with E-state index in [1.807, 2.05) is 17.5 Å². The van der Waals surface area contributed by atoms with Gasteiger partial charge in [-0.2, -0.15) is 0 Å². The molecule has 1 aromatic heterocycles. The standard InChI is InChI=1S/C15H14BrNO3S/c1-17(9-11-5-4-8-21-11)14(18)10-20-15(19)12-6-2-3-7-13(12)16/h2-8H,9-10H2,1H3. The van der Waals surface area contributed by atoms with Crippen molar-refractivity contribution in [1.82, 2.24) is 4.90 Å². The van der Waals surface area contributed by atoms with Crippen LogP contribution in [0.2, 0.25) is 0 Å². The zero-order valence-corrected chi connectivity index (χ0v) is 13.8. The molecule has 0 bridgehead atoms. The number of hydrogen-bond acceptors (Lipinski definition) is 4. The summed E-state index contributed by atoms with van der Waals surface area (Å²) in [6.07, 6.45) is 0. The second-order valence-electron chi connectivity index (χ2n) is 4.39. The van der Waals surface area contributed by atoms with Crippen molar-refractivity contribution in [3.63, 3.8) is 0 Å². The van der Waals surface area contributed by atoms with Crippen LogP contribution in [-0.2, 0) is 16.1 Å². The van der Waals surface area contributed by atoms with Gasteiger partial charge in [-0.05, 0) is 39.5 Å². The highest BCUT2D eigenvalue weighted by atomic mass is 79.9. The van der Waals surface area contributed by atoms with Crippen molar-refractivity contribution in [3.8, 4) is 0 Å². The lowest BCUT2D eigenvalue weighted by Gasteiger charge is -2.16. The van der Waals surface area contributed by atoms with Crippen LogP contribution in [0.3, 0.4) is 0 Å². The van der Waals surface area contributed by atoms with Crippen molar-refractivity contribution < 1.29 is 14.3 Å². The SMILES string of the molecule is CN(Cc1cccs1)C(=O)COC(=O)c1ccccc1Br. The number of hydrogen-bond donors (Lipinski definition) is 0. The molecule has 1 aromatic carbocycles. The molecular weight excluding hydrogens is 354 g/mol. The zero-order chi connectivity index (χ0) is 15.2. The number of ether oxygens (including phenoxy) is 1. The molecule has 0 saturated carbocycles. The normalized spacial score (nSPS) is 10.2. The predicted molar refractivity (Wildman–Crippen MR) is 85.2 cm³/mol. The number of amides is 1. The summed E-state index contributed by atoms with van der Waals surface area (Å²) < 4.78 is 5.70. The molecule has 1 amide bonds. The van der Waals surface area contributed by atoms with Gasteiger partial charge in [-0.1, -0.05) is 18.2 Å². The van der Waals surface area contributed by atoms with Crippen molar-refractivity contribution in [2.75, 3.05) is 13.7 Å². The molecule has 0 N–H and O–H groups in total. The van der Waals surface area contributed by atoms with Gasteiger partial charge in [-0.15, -0.1) is 11.3 Å². The van der Waals surface area contributed by atoms with Crippen LogP contribution < -0.4 is 0 Å². The smallest absolute Gasteiger partial charge is 0.339 e. The van der Waals surface area contributed by atoms with E-state index in [2.05, 4.69) is 15.9 Å². The van der Waals surface area contributed by atoms with E-state index in [1.165, 1.54) is 0 Å². The Hall–Kier alpha value is -1.66. The first-order chi connectivity index (χ1) is 10.1. The lowest BCUT2D eigenvalue weighted by molar-refractivity contribution is -0.133. The fourth-order valence-electron chi connectivity index (χ4n) is 1.67. The van der Waals surface area contributed by atoms with Crippen molar-refractivity contribution in [2.45, 2.75) is 6.54 Å². The van der Waals surface area contributed by atoms with Gasteiger partial charge in [0.15, 0.2) is 6.61 Å². The molecule has 0 atom stereocenters. The molecule has 0 radical (unpaired) electrons. The Morgan fingerprint density at radius 2 is 2.00 bits per heavy atom. The highest BCUT2D eigenvalue weighted by Gasteiger charge is 2.15. The first kappa shape index (κ1) is 15.7. The van der Waals surface area contributed by atoms with Gasteiger partial charge in [-0.25, -0.2) is 4.79 Å². The van der Waals surface area contributed by atoms with Crippen LogP contribution in [0.1, 0.15) is 15.2 Å². The third-order valence-electron chi connectivity index (χ3n) is 2.82. The average molecular weight is 368 g/mol. The number of halogens is 1. The van der Waals surface area contributed by atoms with Crippen LogP contribution in [0.25, 0.3) is 0 Å². The van der Waals surface area contributed by atoms with E-state index in [1.54, 1.807) is 47.5 Å². The maximum atomic E-state index is 11.9. The van der Waals surface area contributed by atoms with E-state index in [4.69, 9.17) is 4.74 Å². The highest BCUT2D eigenvalue weighted by Crippen LogP contribution is 2.17. The zero-order valence-electron chi connectivity index (χ0n) is 11.4. The Bertz CT molecular complexity index is 628. The quantitative estimate of drug-likeness (QED) is 0.761. The van der Waals surface area contributed by atoms with E-state index in [0.717, 1.165) is 4.88 Å². The molecular formula is C15H14BrNO3S. The van der Waals surface area contributed by atoms with Gasteiger partial charge in [0.1, 0.15) is 0 Å². The number of thiophene rings is 1. The molecule has 0 unspecified atom stereocenters. The minimum Gasteiger partial charge on any atom is -0.452 e. The summed E-state index contributed by atoms with van der Waals surface area (Å²) in [5.41, 5.74) is 0.409. The lowest BCUT2D eigenvalue weighted by Crippen LogP contribution is -2.30. The fourth-order valence-corrected chi connectivity index (χ4v) is 2.87. The summed E-state index contributed by atoms with van der Waals surface area (Å²) >= 11 is 4.86. The van der Waals surface area contributed by atoms with Crippen LogP contribution in [0.4, 0.5) is 0 Å². The summed E-state index contributed by atoms with van der Waals surface area (Å²) in [7, 11) is 1.69. The van der Waals surface area contributed by atoms with Crippen molar-refractivity contribution in [3.05, 3.63) is 56.7 Å². The van der Waals surface area contributed by atoms with E-state index in [-0.39, 0.29) is 12.5 Å². The predicted octanol–water partition coefficient (Wildman–Crippen LogP) is 3.33. The Morgan fingerprint density at radius 3 is 2.67 bits per heavy atom. The van der Waals surface area contributed by atoms with Crippen molar-refractivity contribution >= 4 is 39.1 Å². The summed E-state index contributed by atoms with van der Waals surface area (Å²) in [5, 5.41) is 1.96. The molecule has 21 heavy (non-hydrogen) atoms. The molecule has 0 aliphatic heterocycles. The maximum Gasteiger partial charge on any atom is 0.339 e. The van der Waals surface area contributed by atoms with Crippen LogP contribution in [0.5, 0.6) is 0 Å². The monoisotopic (exact) mass is 367 g/mol. The summed E-state index contributed by atoms with van der Waals surface area (Å²) in [4.78, 5) is 26.4. The Balaban J connectivity index is 1.86. The minimum atomic E-state index is -0.514. The van der Waals surface area contributed by atoms with E-state index >= 15 is 0 Å². The first-order valence-corrected chi connectivity index (χ1v) is 7.93. The third-order valence-corrected chi connectivity index (χ3v) is 4.37. The molecule has 0 aliphatic carbocycles. The number of benzene rings is 1. The van der Waals surface area contributed by atoms with Crippen LogP contribution >= 0.6 is 27.3 Å². The topological polar surface area (TPSA) is 46.6 Å². The Morgan fingerprint density at radius 1 is 1.24 bits per heavy atom. The first-order valence-electron chi connectivity index (χ1n) is 6.26. The Kier molecular flexibility index (Phi) is 5.52. The van der Waals surface area contributed by atoms with Gasteiger partial charge >= 0.3 is 5.97 Å². The van der Waals surface area contributed by atoms with Crippen LogP contribution in [0, 0.1) is 0 Å². The molecule has 2 aromatic rings. The number of carbonyl (C=O) groups is 2. The van der Waals surface area contributed by atoms with Crippen LogP contribution in [0.15, 0.2) is 46.3 Å². The summed E-state index contributed by atoms with van der Waals surface area (Å²) in [6, 6.07) is 10.8. The molecule has 6 heteroatoms. The Labute approximate surface area is 135 Å². The molecule has 4 nitrogen and oxygen atoms in total. The van der Waals surface area contributed by atoms with Gasteiger partial charge < -0.3 is 9.64 Å². The number of rotatable bonds is 5. The number of esters is 1. The molecule has 0 saturated heterocycles. The second kappa shape index (κ2) is 7.38. The number of nitrogens with zero attached hydrogens (tertiary/aromatic N) is 1. The largest absolute Gasteiger partial charge is 0.452 e. The van der Waals surface area contributed by atoms with Gasteiger partial charge in [0.25, 0.3) is 5.91 Å². The molecule has 0 fully saturated rings. The van der Waals surface area contributed by atoms with Crippen molar-refractivity contribution in [2.24, 2.45) is 0 Å². The highest BCUT2D eigenvalue weighted by molar-refractivity contribution is 9.10. The van der Waals surface area contributed by atoms with E-state index in [0.29, 0.717) is 16.6 Å². The summed E-state index contributed by atoms with van der Waals surface area (Å²) in [6.45, 7) is 0.255. The maximum absolute atomic E-state index is 11.9. The van der Waals surface area contributed by atoms with Gasteiger partial charge in [0.05, 0.1) is 12.1 Å². The number of carbonyl (C=O) groups excluding carboxylic acids is 2.